The average Bonchev–Trinajstić information content (AvgIpc) is 2.51. The molecule has 0 saturated heterocycles. The minimum atomic E-state index is -2.71. The van der Waals surface area contributed by atoms with Gasteiger partial charge in [-0.25, -0.2) is 13.8 Å². The van der Waals surface area contributed by atoms with E-state index in [9.17, 15) is 13.6 Å². The number of rotatable bonds is 3. The standard InChI is InChI=1S/C8H10F2N2O2/c1-8(2,7(13)14)4-3-11-6(12-4)5(9)10/h3,5H,1-2H3,(H,11,12)(H,13,14). The zero-order valence-electron chi connectivity index (χ0n) is 7.71. The van der Waals surface area contributed by atoms with Crippen LogP contribution < -0.4 is 0 Å². The summed E-state index contributed by atoms with van der Waals surface area (Å²) in [6.45, 7) is 2.83. The van der Waals surface area contributed by atoms with E-state index in [4.69, 9.17) is 5.11 Å². The lowest BCUT2D eigenvalue weighted by molar-refractivity contribution is -0.142. The van der Waals surface area contributed by atoms with Crippen molar-refractivity contribution in [1.82, 2.24) is 9.97 Å². The molecule has 0 aliphatic carbocycles. The maximum absolute atomic E-state index is 12.1. The van der Waals surface area contributed by atoms with Crippen LogP contribution in [0.15, 0.2) is 6.20 Å². The first-order valence-corrected chi connectivity index (χ1v) is 3.92. The van der Waals surface area contributed by atoms with Gasteiger partial charge in [-0.3, -0.25) is 4.79 Å². The molecule has 0 bridgehead atoms. The molecule has 1 aromatic rings. The number of halogens is 2. The summed E-state index contributed by atoms with van der Waals surface area (Å²) in [6, 6.07) is 0. The first kappa shape index (κ1) is 10.6. The highest BCUT2D eigenvalue weighted by molar-refractivity contribution is 5.79. The van der Waals surface area contributed by atoms with Crippen molar-refractivity contribution in [2.24, 2.45) is 0 Å². The van der Waals surface area contributed by atoms with Gasteiger partial charge in [0.25, 0.3) is 6.43 Å². The first-order valence-electron chi connectivity index (χ1n) is 3.92. The Morgan fingerprint density at radius 3 is 2.57 bits per heavy atom. The number of carbonyl (C=O) groups is 1. The molecule has 0 spiro atoms. The van der Waals surface area contributed by atoms with Crippen LogP contribution in [0.5, 0.6) is 0 Å². The van der Waals surface area contributed by atoms with Crippen molar-refractivity contribution in [3.8, 4) is 0 Å². The summed E-state index contributed by atoms with van der Waals surface area (Å²) in [5, 5.41) is 8.81. The van der Waals surface area contributed by atoms with Gasteiger partial charge in [0.1, 0.15) is 5.41 Å². The molecule has 0 aliphatic heterocycles. The average molecular weight is 204 g/mol. The Morgan fingerprint density at radius 2 is 2.21 bits per heavy atom. The molecule has 4 nitrogen and oxygen atoms in total. The lowest BCUT2D eigenvalue weighted by Gasteiger charge is -2.16. The first-order chi connectivity index (χ1) is 6.35. The maximum Gasteiger partial charge on any atom is 0.315 e. The van der Waals surface area contributed by atoms with Gasteiger partial charge in [0, 0.05) is 6.20 Å². The number of nitrogens with zero attached hydrogens (tertiary/aromatic N) is 1. The molecular formula is C8H10F2N2O2. The third kappa shape index (κ3) is 1.73. The SMILES string of the molecule is CC(C)(C(=O)O)c1cnc(C(F)F)[nH]1. The van der Waals surface area contributed by atoms with E-state index < -0.39 is 23.6 Å². The highest BCUT2D eigenvalue weighted by atomic mass is 19.3. The van der Waals surface area contributed by atoms with Crippen molar-refractivity contribution in [2.45, 2.75) is 25.7 Å². The molecule has 14 heavy (non-hydrogen) atoms. The smallest absolute Gasteiger partial charge is 0.315 e. The number of hydrogen-bond donors (Lipinski definition) is 2. The van der Waals surface area contributed by atoms with Crippen LogP contribution in [-0.2, 0) is 10.2 Å². The van der Waals surface area contributed by atoms with E-state index in [2.05, 4.69) is 9.97 Å². The Bertz CT molecular complexity index is 347. The van der Waals surface area contributed by atoms with Crippen molar-refractivity contribution in [2.75, 3.05) is 0 Å². The molecule has 0 amide bonds. The summed E-state index contributed by atoms with van der Waals surface area (Å²) in [7, 11) is 0. The van der Waals surface area contributed by atoms with Crippen molar-refractivity contribution in [3.05, 3.63) is 17.7 Å². The molecule has 0 atom stereocenters. The van der Waals surface area contributed by atoms with E-state index in [0.29, 0.717) is 0 Å². The molecule has 0 radical (unpaired) electrons. The molecule has 1 heterocycles. The van der Waals surface area contributed by atoms with Gasteiger partial charge >= 0.3 is 5.97 Å². The van der Waals surface area contributed by atoms with Crippen LogP contribution in [0.2, 0.25) is 0 Å². The van der Waals surface area contributed by atoms with Gasteiger partial charge in [0.2, 0.25) is 0 Å². The summed E-state index contributed by atoms with van der Waals surface area (Å²) in [5.41, 5.74) is -1.07. The van der Waals surface area contributed by atoms with Crippen molar-refractivity contribution < 1.29 is 18.7 Å². The van der Waals surface area contributed by atoms with Gasteiger partial charge in [0.05, 0.1) is 5.69 Å². The number of aromatic nitrogens is 2. The zero-order chi connectivity index (χ0) is 10.9. The molecule has 0 aromatic carbocycles. The van der Waals surface area contributed by atoms with E-state index in [1.165, 1.54) is 13.8 Å². The number of aromatic amines is 1. The number of H-pyrrole nitrogens is 1. The molecule has 0 saturated carbocycles. The predicted molar refractivity (Wildman–Crippen MR) is 44.2 cm³/mol. The van der Waals surface area contributed by atoms with E-state index in [0.717, 1.165) is 6.20 Å². The molecule has 0 aliphatic rings. The van der Waals surface area contributed by atoms with Gasteiger partial charge in [-0.2, -0.15) is 0 Å². The quantitative estimate of drug-likeness (QED) is 0.787. The van der Waals surface area contributed by atoms with Gasteiger partial charge in [-0.1, -0.05) is 0 Å². The molecule has 78 valence electrons. The molecule has 0 fully saturated rings. The van der Waals surface area contributed by atoms with Gasteiger partial charge in [-0.15, -0.1) is 0 Å². The van der Waals surface area contributed by atoms with Gasteiger partial charge in [-0.05, 0) is 13.8 Å². The summed E-state index contributed by atoms with van der Waals surface area (Å²) < 4.78 is 24.3. The predicted octanol–water partition coefficient (Wildman–Crippen LogP) is 1.71. The van der Waals surface area contributed by atoms with Crippen LogP contribution >= 0.6 is 0 Å². The summed E-state index contributed by atoms with van der Waals surface area (Å²) in [4.78, 5) is 16.5. The van der Waals surface area contributed by atoms with Crippen LogP contribution in [-0.4, -0.2) is 21.0 Å². The second-order valence-corrected chi connectivity index (χ2v) is 3.41. The molecule has 0 unspecified atom stereocenters. The number of alkyl halides is 2. The fraction of sp³-hybridized carbons (Fsp3) is 0.500. The van der Waals surface area contributed by atoms with Crippen molar-refractivity contribution >= 4 is 5.97 Å². The maximum atomic E-state index is 12.1. The minimum Gasteiger partial charge on any atom is -0.481 e. The third-order valence-electron chi connectivity index (χ3n) is 2.01. The number of carboxylic acid groups (broad SMARTS) is 1. The minimum absolute atomic E-state index is 0.167. The second-order valence-electron chi connectivity index (χ2n) is 3.41. The third-order valence-corrected chi connectivity index (χ3v) is 2.01. The number of aliphatic carboxylic acids is 1. The molecule has 6 heteroatoms. The van der Waals surface area contributed by atoms with Crippen LogP contribution in [0.3, 0.4) is 0 Å². The summed E-state index contributed by atoms with van der Waals surface area (Å²) in [6.07, 6.45) is -1.59. The summed E-state index contributed by atoms with van der Waals surface area (Å²) in [5.74, 6) is -1.60. The lowest BCUT2D eigenvalue weighted by atomic mass is 9.90. The van der Waals surface area contributed by atoms with Crippen LogP contribution in [0.4, 0.5) is 8.78 Å². The fourth-order valence-corrected chi connectivity index (χ4v) is 0.880. The van der Waals surface area contributed by atoms with E-state index in [1.807, 2.05) is 0 Å². The Balaban J connectivity index is 3.03. The zero-order valence-corrected chi connectivity index (χ0v) is 7.71. The topological polar surface area (TPSA) is 66.0 Å². The monoisotopic (exact) mass is 204 g/mol. The van der Waals surface area contributed by atoms with Crippen molar-refractivity contribution in [1.29, 1.82) is 0 Å². The lowest BCUT2D eigenvalue weighted by Crippen LogP contribution is -2.28. The Kier molecular flexibility index (Phi) is 2.55. The highest BCUT2D eigenvalue weighted by Gasteiger charge is 2.32. The van der Waals surface area contributed by atoms with Crippen LogP contribution in [0.1, 0.15) is 31.8 Å². The van der Waals surface area contributed by atoms with E-state index >= 15 is 0 Å². The Hall–Kier alpha value is -1.46. The number of imidazole rings is 1. The normalized spacial score (nSPS) is 12.1. The highest BCUT2D eigenvalue weighted by Crippen LogP contribution is 2.24. The Morgan fingerprint density at radius 1 is 1.64 bits per heavy atom. The van der Waals surface area contributed by atoms with E-state index in [-0.39, 0.29) is 5.69 Å². The number of carboxylic acids is 1. The second kappa shape index (κ2) is 3.36. The largest absolute Gasteiger partial charge is 0.481 e. The summed E-state index contributed by atoms with van der Waals surface area (Å²) >= 11 is 0. The number of hydrogen-bond acceptors (Lipinski definition) is 2. The van der Waals surface area contributed by atoms with Gasteiger partial charge in [0.15, 0.2) is 5.82 Å². The van der Waals surface area contributed by atoms with Crippen LogP contribution in [0, 0.1) is 0 Å². The molecule has 1 rings (SSSR count). The van der Waals surface area contributed by atoms with Crippen molar-refractivity contribution in [3.63, 3.8) is 0 Å². The fourth-order valence-electron chi connectivity index (χ4n) is 0.880. The van der Waals surface area contributed by atoms with Gasteiger partial charge < -0.3 is 10.1 Å². The van der Waals surface area contributed by atoms with E-state index in [1.54, 1.807) is 0 Å². The molecule has 2 N–H and O–H groups in total. The number of nitrogens with one attached hydrogen (secondary N) is 1. The van der Waals surface area contributed by atoms with Crippen LogP contribution in [0.25, 0.3) is 0 Å². The molecule has 1 aromatic heterocycles. The molecular weight excluding hydrogens is 194 g/mol. The Labute approximate surface area is 79.0 Å².